The predicted molar refractivity (Wildman–Crippen MR) is 148 cm³/mol. The highest BCUT2D eigenvalue weighted by molar-refractivity contribution is 5.99. The van der Waals surface area contributed by atoms with Crippen molar-refractivity contribution in [3.63, 3.8) is 0 Å². The van der Waals surface area contributed by atoms with Crippen molar-refractivity contribution in [1.29, 1.82) is 0 Å². The Kier molecular flexibility index (Phi) is 8.34. The minimum absolute atomic E-state index is 0.166. The summed E-state index contributed by atoms with van der Waals surface area (Å²) in [6.45, 7) is 10.4. The molecular formula is C30H37N3O4. The molecule has 196 valence electrons. The molecule has 2 heterocycles. The summed E-state index contributed by atoms with van der Waals surface area (Å²) >= 11 is 0. The molecule has 0 spiro atoms. The molecule has 4 rings (SSSR count). The van der Waals surface area contributed by atoms with Gasteiger partial charge in [-0.25, -0.2) is 0 Å². The van der Waals surface area contributed by atoms with Crippen molar-refractivity contribution in [1.82, 2.24) is 10.3 Å². The van der Waals surface area contributed by atoms with E-state index in [1.54, 1.807) is 7.11 Å². The Bertz CT molecular complexity index is 1310. The summed E-state index contributed by atoms with van der Waals surface area (Å²) in [7, 11) is 1.65. The number of aryl methyl sites for hydroxylation is 2. The number of carbonyl (C=O) groups is 1. The van der Waals surface area contributed by atoms with Crippen LogP contribution in [0.3, 0.4) is 0 Å². The SMILES string of the molecule is CCN(c1cc(-c2ccc(OC)cc2)cc(C(=O)NCc2c(C)cc(C)[nH]c2=O)c1C)C1CCOCC1. The zero-order valence-electron chi connectivity index (χ0n) is 22.4. The molecule has 0 saturated carbocycles. The van der Waals surface area contributed by atoms with E-state index in [2.05, 4.69) is 28.2 Å². The van der Waals surface area contributed by atoms with Crippen LogP contribution in [0, 0.1) is 20.8 Å². The maximum Gasteiger partial charge on any atom is 0.253 e. The number of benzene rings is 2. The van der Waals surface area contributed by atoms with E-state index in [4.69, 9.17) is 9.47 Å². The summed E-state index contributed by atoms with van der Waals surface area (Å²) in [6, 6.07) is 14.3. The van der Waals surface area contributed by atoms with E-state index >= 15 is 0 Å². The molecule has 2 N–H and O–H groups in total. The average molecular weight is 504 g/mol. The first-order chi connectivity index (χ1) is 17.8. The normalized spacial score (nSPS) is 13.9. The smallest absolute Gasteiger partial charge is 0.253 e. The van der Waals surface area contributed by atoms with Crippen molar-refractivity contribution >= 4 is 11.6 Å². The fourth-order valence-electron chi connectivity index (χ4n) is 5.17. The molecule has 1 saturated heterocycles. The van der Waals surface area contributed by atoms with Gasteiger partial charge in [-0.15, -0.1) is 0 Å². The molecule has 3 aromatic rings. The van der Waals surface area contributed by atoms with Crippen molar-refractivity contribution in [2.45, 2.75) is 53.1 Å². The van der Waals surface area contributed by atoms with Gasteiger partial charge >= 0.3 is 0 Å². The number of methoxy groups -OCH3 is 1. The Morgan fingerprint density at radius 3 is 2.41 bits per heavy atom. The molecule has 0 atom stereocenters. The van der Waals surface area contributed by atoms with Gasteiger partial charge in [-0.2, -0.15) is 0 Å². The van der Waals surface area contributed by atoms with E-state index in [0.717, 1.165) is 72.0 Å². The molecule has 0 unspecified atom stereocenters. The molecule has 1 aromatic heterocycles. The third-order valence-electron chi connectivity index (χ3n) is 7.25. The minimum atomic E-state index is -0.198. The van der Waals surface area contributed by atoms with E-state index in [9.17, 15) is 9.59 Å². The Morgan fingerprint density at radius 1 is 1.08 bits per heavy atom. The summed E-state index contributed by atoms with van der Waals surface area (Å²) in [5.41, 5.74) is 6.62. The maximum absolute atomic E-state index is 13.6. The number of nitrogens with one attached hydrogen (secondary N) is 2. The number of hydrogen-bond acceptors (Lipinski definition) is 5. The number of nitrogens with zero attached hydrogens (tertiary/aromatic N) is 1. The minimum Gasteiger partial charge on any atom is -0.497 e. The number of aromatic amines is 1. The number of anilines is 1. The standard InChI is InChI=1S/C30H37N3O4/c1-6-33(24-11-13-37-14-12-24)28-17-23(22-7-9-25(36-5)10-8-22)16-26(21(28)4)29(34)31-18-27-19(2)15-20(3)32-30(27)35/h7-10,15-17,24H,6,11-14,18H2,1-5H3,(H,31,34)(H,32,35). The van der Waals surface area contributed by atoms with E-state index in [-0.39, 0.29) is 18.0 Å². The van der Waals surface area contributed by atoms with Crippen molar-refractivity contribution in [3.05, 3.63) is 80.8 Å². The van der Waals surface area contributed by atoms with Gasteiger partial charge in [-0.3, -0.25) is 9.59 Å². The number of rotatable bonds is 8. The van der Waals surface area contributed by atoms with Crippen LogP contribution >= 0.6 is 0 Å². The topological polar surface area (TPSA) is 83.7 Å². The van der Waals surface area contributed by atoms with Crippen LogP contribution in [-0.4, -0.2) is 43.8 Å². The first kappa shape index (κ1) is 26.5. The Balaban J connectivity index is 1.73. The first-order valence-corrected chi connectivity index (χ1v) is 12.9. The molecule has 0 aliphatic carbocycles. The molecule has 1 aliphatic rings. The summed E-state index contributed by atoms with van der Waals surface area (Å²) in [6.07, 6.45) is 1.91. The van der Waals surface area contributed by atoms with Crippen molar-refractivity contribution in [2.24, 2.45) is 0 Å². The second kappa shape index (κ2) is 11.6. The van der Waals surface area contributed by atoms with Gasteiger partial charge in [0.2, 0.25) is 0 Å². The summed E-state index contributed by atoms with van der Waals surface area (Å²) in [4.78, 5) is 31.3. The van der Waals surface area contributed by atoms with E-state index in [1.807, 2.05) is 57.2 Å². The van der Waals surface area contributed by atoms with Crippen molar-refractivity contribution < 1.29 is 14.3 Å². The number of carbonyl (C=O) groups excluding carboxylic acids is 1. The molecule has 1 fully saturated rings. The number of ether oxygens (including phenoxy) is 2. The lowest BCUT2D eigenvalue weighted by atomic mass is 9.95. The number of aromatic nitrogens is 1. The second-order valence-corrected chi connectivity index (χ2v) is 9.65. The van der Waals surface area contributed by atoms with Crippen molar-refractivity contribution in [2.75, 3.05) is 31.8 Å². The number of pyridine rings is 1. The van der Waals surface area contributed by atoms with Crippen LogP contribution in [0.2, 0.25) is 0 Å². The maximum atomic E-state index is 13.6. The van der Waals surface area contributed by atoms with Crippen LogP contribution in [0.25, 0.3) is 11.1 Å². The highest BCUT2D eigenvalue weighted by atomic mass is 16.5. The number of amides is 1. The Morgan fingerprint density at radius 2 is 1.78 bits per heavy atom. The summed E-state index contributed by atoms with van der Waals surface area (Å²) < 4.78 is 10.9. The van der Waals surface area contributed by atoms with E-state index in [0.29, 0.717) is 17.2 Å². The molecule has 37 heavy (non-hydrogen) atoms. The second-order valence-electron chi connectivity index (χ2n) is 9.65. The zero-order valence-corrected chi connectivity index (χ0v) is 22.4. The zero-order chi connectivity index (χ0) is 26.5. The predicted octanol–water partition coefficient (Wildman–Crippen LogP) is 4.91. The van der Waals surface area contributed by atoms with Crippen LogP contribution in [-0.2, 0) is 11.3 Å². The lowest BCUT2D eigenvalue weighted by molar-refractivity contribution is 0.0846. The van der Waals surface area contributed by atoms with Crippen molar-refractivity contribution in [3.8, 4) is 16.9 Å². The molecule has 1 amide bonds. The highest BCUT2D eigenvalue weighted by Gasteiger charge is 2.25. The molecule has 1 aliphatic heterocycles. The third-order valence-corrected chi connectivity index (χ3v) is 7.25. The summed E-state index contributed by atoms with van der Waals surface area (Å²) in [5.74, 6) is 0.585. The lowest BCUT2D eigenvalue weighted by Gasteiger charge is -2.37. The van der Waals surface area contributed by atoms with Crippen LogP contribution in [0.4, 0.5) is 5.69 Å². The molecule has 7 nitrogen and oxygen atoms in total. The third kappa shape index (κ3) is 5.88. The van der Waals surface area contributed by atoms with Crippen LogP contribution in [0.15, 0.2) is 47.3 Å². The quantitative estimate of drug-likeness (QED) is 0.456. The number of H-pyrrole nitrogens is 1. The Hall–Kier alpha value is -3.58. The molecular weight excluding hydrogens is 466 g/mol. The summed E-state index contributed by atoms with van der Waals surface area (Å²) in [5, 5.41) is 3.00. The molecule has 7 heteroatoms. The largest absolute Gasteiger partial charge is 0.497 e. The fraction of sp³-hybridized carbons (Fsp3) is 0.400. The van der Waals surface area contributed by atoms with Gasteiger partial charge < -0.3 is 24.7 Å². The van der Waals surface area contributed by atoms with Crippen LogP contribution in [0.5, 0.6) is 5.75 Å². The average Bonchev–Trinajstić information content (AvgIpc) is 2.90. The van der Waals surface area contributed by atoms with Gasteiger partial charge in [0.05, 0.1) is 7.11 Å². The van der Waals surface area contributed by atoms with Gasteiger partial charge in [-0.05, 0) is 93.1 Å². The van der Waals surface area contributed by atoms with E-state index < -0.39 is 0 Å². The first-order valence-electron chi connectivity index (χ1n) is 12.9. The molecule has 0 radical (unpaired) electrons. The Labute approximate surface area is 218 Å². The van der Waals surface area contributed by atoms with Gasteiger partial charge in [0.1, 0.15) is 5.75 Å². The molecule has 2 aromatic carbocycles. The monoisotopic (exact) mass is 503 g/mol. The fourth-order valence-corrected chi connectivity index (χ4v) is 5.17. The van der Waals surface area contributed by atoms with Gasteiger partial charge in [0, 0.05) is 54.9 Å². The lowest BCUT2D eigenvalue weighted by Crippen LogP contribution is -2.40. The van der Waals surface area contributed by atoms with E-state index in [1.165, 1.54) is 0 Å². The van der Waals surface area contributed by atoms with Gasteiger partial charge in [0.25, 0.3) is 11.5 Å². The van der Waals surface area contributed by atoms with Crippen LogP contribution < -0.4 is 20.5 Å². The van der Waals surface area contributed by atoms with Gasteiger partial charge in [0.15, 0.2) is 0 Å². The van der Waals surface area contributed by atoms with Crippen LogP contribution in [0.1, 0.15) is 52.5 Å². The number of hydrogen-bond donors (Lipinski definition) is 2. The van der Waals surface area contributed by atoms with Gasteiger partial charge in [-0.1, -0.05) is 12.1 Å². The molecule has 0 bridgehead atoms. The highest BCUT2D eigenvalue weighted by Crippen LogP contribution is 2.34.